The molecule has 2 aliphatic heterocycles. The van der Waals surface area contributed by atoms with Crippen LogP contribution in [0.4, 0.5) is 10.1 Å². The van der Waals surface area contributed by atoms with E-state index in [0.29, 0.717) is 35.2 Å². The number of halogens is 1. The normalized spacial score (nSPS) is 28.9. The second-order valence-electron chi connectivity index (χ2n) is 15.1. The number of carbonyl (C=O) groups excluding carboxylic acids is 1. The minimum absolute atomic E-state index is 0.127. The van der Waals surface area contributed by atoms with Gasteiger partial charge in [-0.25, -0.2) is 12.8 Å². The predicted octanol–water partition coefficient (Wildman–Crippen LogP) is 6.43. The van der Waals surface area contributed by atoms with Gasteiger partial charge in [-0.3, -0.25) is 4.79 Å². The highest BCUT2D eigenvalue weighted by atomic mass is 32.2. The van der Waals surface area contributed by atoms with Crippen LogP contribution in [0, 0.1) is 23.6 Å². The fourth-order valence-electron chi connectivity index (χ4n) is 9.78. The van der Waals surface area contributed by atoms with Crippen molar-refractivity contribution in [1.82, 2.24) is 9.80 Å². The molecule has 0 amide bonds. The second kappa shape index (κ2) is 13.8. The van der Waals surface area contributed by atoms with Gasteiger partial charge in [0.1, 0.15) is 5.82 Å². The maximum Gasteiger partial charge on any atom is 0.305 e. The summed E-state index contributed by atoms with van der Waals surface area (Å²) in [4.78, 5) is 18.3. The molecule has 3 aliphatic carbocycles. The van der Waals surface area contributed by atoms with Gasteiger partial charge in [-0.05, 0) is 150 Å². The van der Waals surface area contributed by atoms with Crippen LogP contribution in [0.2, 0.25) is 0 Å². The summed E-state index contributed by atoms with van der Waals surface area (Å²) >= 11 is 0. The van der Waals surface area contributed by atoms with Crippen LogP contribution < -0.4 is 5.32 Å². The van der Waals surface area contributed by atoms with Crippen molar-refractivity contribution in [3.05, 3.63) is 59.9 Å². The first kappa shape index (κ1) is 33.0. The van der Waals surface area contributed by atoms with Gasteiger partial charge in [0.15, 0.2) is 9.84 Å². The van der Waals surface area contributed by atoms with E-state index in [1.807, 2.05) is 18.2 Å². The number of likely N-dealkylation sites (tertiary alicyclic amines) is 2. The number of methoxy groups -OCH3 is 1. The van der Waals surface area contributed by atoms with Crippen LogP contribution in [0.5, 0.6) is 0 Å². The topological polar surface area (TPSA) is 79.0 Å². The quantitative estimate of drug-likeness (QED) is 0.262. The Bertz CT molecular complexity index is 1500. The molecule has 1 N–H and O–H groups in total. The first-order chi connectivity index (χ1) is 22.8. The molecule has 2 saturated heterocycles. The number of benzene rings is 2. The van der Waals surface area contributed by atoms with Gasteiger partial charge in [0.05, 0.1) is 17.3 Å². The van der Waals surface area contributed by atoms with Crippen molar-refractivity contribution in [3.63, 3.8) is 0 Å². The molecule has 5 aliphatic rings. The molecule has 2 heterocycles. The molecule has 0 radical (unpaired) electrons. The van der Waals surface area contributed by atoms with Gasteiger partial charge in [-0.1, -0.05) is 18.6 Å². The number of hydrogen-bond acceptors (Lipinski definition) is 7. The highest BCUT2D eigenvalue weighted by Gasteiger charge is 2.53. The van der Waals surface area contributed by atoms with Gasteiger partial charge in [-0.2, -0.15) is 0 Å². The minimum atomic E-state index is -3.17. The van der Waals surface area contributed by atoms with Crippen LogP contribution in [0.15, 0.2) is 53.4 Å². The summed E-state index contributed by atoms with van der Waals surface area (Å²) in [6, 6.07) is 15.7. The number of nitrogens with one attached hydrogen (secondary N) is 1. The highest BCUT2D eigenvalue weighted by molar-refractivity contribution is 7.92. The molecular weight excluding hydrogens is 614 g/mol. The standard InChI is InChI=1S/C38H52FN3O4S/c1-46-37(43)23-27-5-2-8-36(27)38(26-41-19-4-20-41,29-6-3-7-30(39)24-29)28-17-21-42(22-18-28)33-12-9-32(25-33)40-31-10-13-34(14-11-31)47(44,45)35-15-16-35/h3,6-7,10-11,13-14,24,27-28,32-33,35-36,40H,2,4-5,8-9,12,15-23,25-26H2,1H3/t27-,32+,33?,36+,38+/m1/s1. The third kappa shape index (κ3) is 6.86. The van der Waals surface area contributed by atoms with E-state index in [1.54, 1.807) is 24.3 Å². The fraction of sp³-hybridized carbons (Fsp3) is 0.658. The van der Waals surface area contributed by atoms with Crippen molar-refractivity contribution in [3.8, 4) is 0 Å². The summed E-state index contributed by atoms with van der Waals surface area (Å²) in [5, 5.41) is 3.50. The molecule has 2 aromatic rings. The van der Waals surface area contributed by atoms with E-state index in [9.17, 15) is 17.6 Å². The summed E-state index contributed by atoms with van der Waals surface area (Å²) in [6.07, 6.45) is 12.0. The van der Waals surface area contributed by atoms with Crippen molar-refractivity contribution >= 4 is 21.5 Å². The molecule has 0 bridgehead atoms. The summed E-state index contributed by atoms with van der Waals surface area (Å²) in [5.41, 5.74) is 1.93. The Kier molecular flexibility index (Phi) is 9.69. The maximum absolute atomic E-state index is 15.0. The fourth-order valence-corrected chi connectivity index (χ4v) is 11.4. The van der Waals surface area contributed by atoms with E-state index in [0.717, 1.165) is 108 Å². The average Bonchev–Trinajstić information content (AvgIpc) is 3.67. The zero-order valence-electron chi connectivity index (χ0n) is 27.9. The number of sulfone groups is 1. The number of esters is 1. The number of piperidine rings is 1. The van der Waals surface area contributed by atoms with Gasteiger partial charge in [0, 0.05) is 36.2 Å². The third-order valence-corrected chi connectivity index (χ3v) is 14.7. The maximum atomic E-state index is 15.0. The summed E-state index contributed by atoms with van der Waals surface area (Å²) < 4.78 is 45.3. The van der Waals surface area contributed by atoms with Gasteiger partial charge >= 0.3 is 5.97 Å². The molecule has 2 aromatic carbocycles. The van der Waals surface area contributed by atoms with E-state index in [2.05, 4.69) is 21.2 Å². The summed E-state index contributed by atoms with van der Waals surface area (Å²) in [5.74, 6) is 0.711. The molecule has 5 atom stereocenters. The van der Waals surface area contributed by atoms with Crippen LogP contribution in [0.1, 0.15) is 82.6 Å². The molecule has 47 heavy (non-hydrogen) atoms. The number of carbonyl (C=O) groups is 1. The van der Waals surface area contributed by atoms with Crippen LogP contribution in [0.25, 0.3) is 0 Å². The zero-order chi connectivity index (χ0) is 32.6. The van der Waals surface area contributed by atoms with E-state index < -0.39 is 9.84 Å². The smallest absolute Gasteiger partial charge is 0.305 e. The van der Waals surface area contributed by atoms with Crippen LogP contribution in [-0.2, 0) is 24.8 Å². The first-order valence-electron chi connectivity index (χ1n) is 18.2. The molecule has 3 saturated carbocycles. The zero-order valence-corrected chi connectivity index (χ0v) is 28.7. The van der Waals surface area contributed by atoms with Crippen molar-refractivity contribution in [2.75, 3.05) is 45.2 Å². The largest absolute Gasteiger partial charge is 0.469 e. The molecule has 256 valence electrons. The Morgan fingerprint density at radius 3 is 2.36 bits per heavy atom. The number of hydrogen-bond donors (Lipinski definition) is 1. The first-order valence-corrected chi connectivity index (χ1v) is 19.7. The molecule has 7 nitrogen and oxygen atoms in total. The minimum Gasteiger partial charge on any atom is -0.469 e. The van der Waals surface area contributed by atoms with E-state index in [-0.39, 0.29) is 28.4 Å². The Morgan fingerprint density at radius 1 is 0.936 bits per heavy atom. The van der Waals surface area contributed by atoms with Gasteiger partial charge in [0.25, 0.3) is 0 Å². The van der Waals surface area contributed by atoms with Gasteiger partial charge < -0.3 is 19.9 Å². The van der Waals surface area contributed by atoms with Crippen molar-refractivity contribution < 1.29 is 22.3 Å². The van der Waals surface area contributed by atoms with E-state index >= 15 is 0 Å². The Balaban J connectivity index is 1.05. The van der Waals surface area contributed by atoms with Crippen molar-refractivity contribution in [2.45, 2.75) is 105 Å². The van der Waals surface area contributed by atoms with Gasteiger partial charge in [-0.15, -0.1) is 0 Å². The average molecular weight is 666 g/mol. The van der Waals surface area contributed by atoms with E-state index in [4.69, 9.17) is 4.74 Å². The van der Waals surface area contributed by atoms with Crippen molar-refractivity contribution in [1.29, 1.82) is 0 Å². The van der Waals surface area contributed by atoms with E-state index in [1.165, 1.54) is 13.5 Å². The molecule has 7 rings (SSSR count). The molecule has 5 fully saturated rings. The Hall–Kier alpha value is -2.49. The number of ether oxygens (including phenoxy) is 1. The Labute approximate surface area is 280 Å². The third-order valence-electron chi connectivity index (χ3n) is 12.5. The second-order valence-corrected chi connectivity index (χ2v) is 17.4. The molecule has 1 unspecified atom stereocenters. The Morgan fingerprint density at radius 2 is 1.70 bits per heavy atom. The van der Waals surface area contributed by atoms with Crippen LogP contribution >= 0.6 is 0 Å². The molecular formula is C38H52FN3O4S. The molecule has 0 aromatic heterocycles. The lowest BCUT2D eigenvalue weighted by Crippen LogP contribution is -2.57. The van der Waals surface area contributed by atoms with Crippen LogP contribution in [0.3, 0.4) is 0 Å². The number of anilines is 1. The predicted molar refractivity (Wildman–Crippen MR) is 183 cm³/mol. The molecule has 9 heteroatoms. The lowest BCUT2D eigenvalue weighted by molar-refractivity contribution is -0.142. The monoisotopic (exact) mass is 665 g/mol. The van der Waals surface area contributed by atoms with Gasteiger partial charge in [0.2, 0.25) is 0 Å². The number of nitrogens with zero attached hydrogens (tertiary/aromatic N) is 2. The summed E-state index contributed by atoms with van der Waals surface area (Å²) in [7, 11) is -1.68. The van der Waals surface area contributed by atoms with Crippen molar-refractivity contribution in [2.24, 2.45) is 17.8 Å². The lowest BCUT2D eigenvalue weighted by Gasteiger charge is -2.54. The highest BCUT2D eigenvalue weighted by Crippen LogP contribution is 2.54. The summed E-state index contributed by atoms with van der Waals surface area (Å²) in [6.45, 7) is 5.22. The SMILES string of the molecule is COC(=O)C[C@H]1CCC[C@@H]1[C@](CN1CCC1)(c1cccc(F)c1)C1CCN(C2CC[C@H](Nc3ccc(S(=O)(=O)C4CC4)cc3)C2)CC1. The molecule has 0 spiro atoms. The number of rotatable bonds is 12. The van der Waals surface area contributed by atoms with Crippen LogP contribution in [-0.4, -0.2) is 81.4 Å². The lowest BCUT2D eigenvalue weighted by atomic mass is 9.56.